The predicted molar refractivity (Wildman–Crippen MR) is 128 cm³/mol. The van der Waals surface area contributed by atoms with Gasteiger partial charge in [0.2, 0.25) is 0 Å². The van der Waals surface area contributed by atoms with Crippen molar-refractivity contribution in [1.82, 2.24) is 0 Å². The number of aliphatic hydroxyl groups excluding tert-OH is 8. The summed E-state index contributed by atoms with van der Waals surface area (Å²) in [6, 6.07) is 0. The summed E-state index contributed by atoms with van der Waals surface area (Å²) in [4.78, 5) is 0. The summed E-state index contributed by atoms with van der Waals surface area (Å²) in [6.07, 6.45) is -9.32. The highest BCUT2D eigenvalue weighted by Crippen LogP contribution is 2.27. The fourth-order valence-electron chi connectivity index (χ4n) is 3.87. The lowest BCUT2D eigenvalue weighted by molar-refractivity contribution is -0.241. The van der Waals surface area contributed by atoms with Crippen LogP contribution in [0, 0.1) is 0 Å². The first kappa shape index (κ1) is 32.5. The topological polar surface area (TPSA) is 199 Å². The third-order valence-electron chi connectivity index (χ3n) is 5.72. The maximum atomic E-state index is 9.99. The predicted octanol–water partition coefficient (Wildman–Crippen LogP) is -2.83. The van der Waals surface area contributed by atoms with E-state index in [9.17, 15) is 40.9 Å². The molecule has 12 heteroatoms. The maximum Gasteiger partial charge on any atom is 0.115 e. The summed E-state index contributed by atoms with van der Waals surface area (Å²) in [6.45, 7) is 14.2. The molecule has 0 heterocycles. The molecule has 0 amide bonds. The molecule has 0 aromatic rings. The monoisotopic (exact) mass is 520 g/mol. The molecule has 0 saturated heterocycles. The van der Waals surface area contributed by atoms with E-state index in [-0.39, 0.29) is 26.4 Å². The minimum atomic E-state index is -1.45. The van der Waals surface area contributed by atoms with Crippen molar-refractivity contribution in [2.45, 2.75) is 73.2 Å². The van der Waals surface area contributed by atoms with Gasteiger partial charge in [-0.3, -0.25) is 0 Å². The third kappa shape index (κ3) is 8.25. The van der Waals surface area contributed by atoms with E-state index >= 15 is 0 Å². The molecule has 0 aliphatic heterocycles. The fourth-order valence-corrected chi connectivity index (χ4v) is 3.87. The molecule has 0 aromatic heterocycles. The van der Waals surface area contributed by atoms with Crippen LogP contribution in [-0.4, -0.2) is 141 Å². The van der Waals surface area contributed by atoms with E-state index in [4.69, 9.17) is 18.9 Å². The molecular weight excluding hydrogens is 480 g/mol. The fraction of sp³-hybridized carbons (Fsp3) is 0.667. The first-order valence-electron chi connectivity index (χ1n) is 11.4. The largest absolute Gasteiger partial charge is 0.387 e. The second kappa shape index (κ2) is 16.3. The first-order valence-corrected chi connectivity index (χ1v) is 11.4. The summed E-state index contributed by atoms with van der Waals surface area (Å²) in [5.74, 6) is 0. The zero-order valence-corrected chi connectivity index (χ0v) is 20.1. The van der Waals surface area contributed by atoms with Crippen LogP contribution in [-0.2, 0) is 18.9 Å². The van der Waals surface area contributed by atoms with E-state index < -0.39 is 73.2 Å². The molecule has 12 atom stereocenters. The molecule has 0 aromatic carbocycles. The van der Waals surface area contributed by atoms with Crippen LogP contribution in [0.1, 0.15) is 0 Å². The molecule has 2 aliphatic rings. The number of hydrogen-bond donors (Lipinski definition) is 8. The molecule has 2 aliphatic carbocycles. The van der Waals surface area contributed by atoms with Gasteiger partial charge >= 0.3 is 0 Å². The lowest BCUT2D eigenvalue weighted by Crippen LogP contribution is -2.65. The molecule has 0 bridgehead atoms. The molecule has 36 heavy (non-hydrogen) atoms. The van der Waals surface area contributed by atoms with Crippen LogP contribution in [0.5, 0.6) is 0 Å². The normalized spacial score (nSPS) is 40.4. The van der Waals surface area contributed by atoms with Crippen LogP contribution in [0.3, 0.4) is 0 Å². The molecule has 8 N–H and O–H groups in total. The van der Waals surface area contributed by atoms with Gasteiger partial charge in [-0.2, -0.15) is 0 Å². The Morgan fingerprint density at radius 3 is 0.722 bits per heavy atom. The van der Waals surface area contributed by atoms with E-state index in [0.717, 1.165) is 0 Å². The number of hydrogen-bond acceptors (Lipinski definition) is 12. The van der Waals surface area contributed by atoms with Crippen LogP contribution in [0.2, 0.25) is 0 Å². The van der Waals surface area contributed by atoms with Crippen molar-refractivity contribution < 1.29 is 59.8 Å². The van der Waals surface area contributed by atoms with Crippen molar-refractivity contribution in [3.8, 4) is 0 Å². The SMILES string of the molecule is C=CCO[C@@H]1C(O)[C@H](OCC=C)[C@@H](O)C(O)[C@H]1O.C=CCO[C@@H]1C(O)[C@H](OCC=C)[C@@H](O)C(O)[C@H]1O. The van der Waals surface area contributed by atoms with E-state index in [1.54, 1.807) is 0 Å². The Balaban J connectivity index is 0.000000360. The summed E-state index contributed by atoms with van der Waals surface area (Å²) < 4.78 is 20.8. The molecule has 2 saturated carbocycles. The molecule has 0 radical (unpaired) electrons. The van der Waals surface area contributed by atoms with Crippen LogP contribution < -0.4 is 0 Å². The average molecular weight is 521 g/mol. The van der Waals surface area contributed by atoms with E-state index in [1.165, 1.54) is 24.3 Å². The Labute approximate surface area is 210 Å². The molecule has 2 fully saturated rings. The maximum absolute atomic E-state index is 9.99. The van der Waals surface area contributed by atoms with Gasteiger partial charge in [-0.05, 0) is 0 Å². The third-order valence-corrected chi connectivity index (χ3v) is 5.72. The highest BCUT2D eigenvalue weighted by atomic mass is 16.6. The molecule has 12 nitrogen and oxygen atoms in total. The Morgan fingerprint density at radius 1 is 0.361 bits per heavy atom. The van der Waals surface area contributed by atoms with Gasteiger partial charge in [0.05, 0.1) is 26.4 Å². The van der Waals surface area contributed by atoms with Crippen molar-refractivity contribution in [1.29, 1.82) is 0 Å². The quantitative estimate of drug-likeness (QED) is 0.123. The average Bonchev–Trinajstić information content (AvgIpc) is 2.86. The van der Waals surface area contributed by atoms with E-state index in [2.05, 4.69) is 26.3 Å². The Kier molecular flexibility index (Phi) is 14.8. The summed E-state index contributed by atoms with van der Waals surface area (Å²) in [7, 11) is 0. The Morgan fingerprint density at radius 2 is 0.556 bits per heavy atom. The standard InChI is InChI=1S/2C12H20O6/c2*1-3-5-17-11-8(14)7(13)9(15)12(10(11)16)18-6-4-2/h2*3-4,7-16H,1-2,5-6H2/t2*7?,8-,9+,10?,11+,12-. The zero-order valence-electron chi connectivity index (χ0n) is 20.1. The van der Waals surface area contributed by atoms with Gasteiger partial charge < -0.3 is 59.8 Å². The zero-order chi connectivity index (χ0) is 27.4. The van der Waals surface area contributed by atoms with Crippen LogP contribution in [0.25, 0.3) is 0 Å². The molecule has 4 unspecified atom stereocenters. The summed E-state index contributed by atoms with van der Waals surface area (Å²) >= 11 is 0. The van der Waals surface area contributed by atoms with Crippen molar-refractivity contribution in [2.24, 2.45) is 0 Å². The van der Waals surface area contributed by atoms with Gasteiger partial charge in [-0.25, -0.2) is 0 Å². The van der Waals surface area contributed by atoms with Gasteiger partial charge in [0.25, 0.3) is 0 Å². The van der Waals surface area contributed by atoms with Crippen molar-refractivity contribution in [2.75, 3.05) is 26.4 Å². The van der Waals surface area contributed by atoms with E-state index in [1.807, 2.05) is 0 Å². The van der Waals surface area contributed by atoms with Crippen LogP contribution in [0.4, 0.5) is 0 Å². The molecule has 2 rings (SSSR count). The highest BCUT2D eigenvalue weighted by molar-refractivity contribution is 5.02. The highest BCUT2D eigenvalue weighted by Gasteiger charge is 2.51. The van der Waals surface area contributed by atoms with Gasteiger partial charge in [0.15, 0.2) is 0 Å². The van der Waals surface area contributed by atoms with Gasteiger partial charge in [0, 0.05) is 0 Å². The second-order valence-electron chi connectivity index (χ2n) is 8.27. The van der Waals surface area contributed by atoms with Crippen LogP contribution >= 0.6 is 0 Å². The minimum absolute atomic E-state index is 0.107. The molecule has 208 valence electrons. The van der Waals surface area contributed by atoms with Gasteiger partial charge in [0.1, 0.15) is 73.2 Å². The number of aliphatic hydroxyl groups is 8. The van der Waals surface area contributed by atoms with Gasteiger partial charge in [-0.15, -0.1) is 26.3 Å². The van der Waals surface area contributed by atoms with Crippen molar-refractivity contribution in [3.63, 3.8) is 0 Å². The van der Waals surface area contributed by atoms with Crippen LogP contribution in [0.15, 0.2) is 50.6 Å². The molecule has 0 spiro atoms. The lowest BCUT2D eigenvalue weighted by Gasteiger charge is -2.43. The Bertz CT molecular complexity index is 567. The number of ether oxygens (including phenoxy) is 4. The summed E-state index contributed by atoms with van der Waals surface area (Å²) in [5.41, 5.74) is 0. The Hall–Kier alpha value is -1.52. The number of rotatable bonds is 12. The molecular formula is C24H40O12. The summed E-state index contributed by atoms with van der Waals surface area (Å²) in [5, 5.41) is 78.3. The van der Waals surface area contributed by atoms with Gasteiger partial charge in [-0.1, -0.05) is 24.3 Å². The lowest BCUT2D eigenvalue weighted by atomic mass is 9.84. The van der Waals surface area contributed by atoms with Crippen molar-refractivity contribution >= 4 is 0 Å². The smallest absolute Gasteiger partial charge is 0.115 e. The first-order chi connectivity index (χ1) is 17.1. The second-order valence-corrected chi connectivity index (χ2v) is 8.27. The van der Waals surface area contributed by atoms with Crippen molar-refractivity contribution in [3.05, 3.63) is 50.6 Å². The minimum Gasteiger partial charge on any atom is -0.387 e. The van der Waals surface area contributed by atoms with E-state index in [0.29, 0.717) is 0 Å².